The van der Waals surface area contributed by atoms with Crippen molar-refractivity contribution in [1.29, 1.82) is 0 Å². The number of unbranched alkanes of at least 4 members (excludes halogenated alkanes) is 4. The minimum atomic E-state index is -0.202. The van der Waals surface area contributed by atoms with Crippen molar-refractivity contribution in [2.45, 2.75) is 38.1 Å². The summed E-state index contributed by atoms with van der Waals surface area (Å²) < 4.78 is 18.9. The molecule has 1 fully saturated rings. The quantitative estimate of drug-likeness (QED) is 0.309. The average molecular weight is 422 g/mol. The molecule has 1 aliphatic heterocycles. The van der Waals surface area contributed by atoms with Gasteiger partial charge in [-0.3, -0.25) is 9.89 Å². The summed E-state index contributed by atoms with van der Waals surface area (Å²) in [6.07, 6.45) is 6.24. The second-order valence-electron chi connectivity index (χ2n) is 8.17. The topological polar surface area (TPSA) is 52.1 Å². The van der Waals surface area contributed by atoms with Gasteiger partial charge in [0.25, 0.3) is 0 Å². The summed E-state index contributed by atoms with van der Waals surface area (Å²) in [7, 11) is 6.06. The van der Waals surface area contributed by atoms with E-state index in [1.165, 1.54) is 44.4 Å². The molecule has 6 nitrogen and oxygen atoms in total. The van der Waals surface area contributed by atoms with Crippen molar-refractivity contribution in [3.8, 4) is 0 Å². The zero-order valence-corrected chi connectivity index (χ0v) is 19.0. The second kappa shape index (κ2) is 14.3. The van der Waals surface area contributed by atoms with Gasteiger partial charge in [-0.25, -0.2) is 4.39 Å². The van der Waals surface area contributed by atoms with E-state index in [4.69, 9.17) is 4.74 Å². The highest BCUT2D eigenvalue weighted by atomic mass is 19.1. The van der Waals surface area contributed by atoms with Crippen molar-refractivity contribution in [1.82, 2.24) is 20.4 Å². The van der Waals surface area contributed by atoms with Crippen molar-refractivity contribution >= 4 is 5.96 Å². The lowest BCUT2D eigenvalue weighted by atomic mass is 10.0. The normalized spacial score (nSPS) is 16.6. The van der Waals surface area contributed by atoms with E-state index in [-0.39, 0.29) is 11.9 Å². The predicted octanol–water partition coefficient (Wildman–Crippen LogP) is 2.88. The molecular weight excluding hydrogens is 381 g/mol. The number of hydrogen-bond donors (Lipinski definition) is 2. The van der Waals surface area contributed by atoms with Gasteiger partial charge in [-0.2, -0.15) is 0 Å². The van der Waals surface area contributed by atoms with Crippen LogP contribution in [0.5, 0.6) is 0 Å². The van der Waals surface area contributed by atoms with E-state index in [0.29, 0.717) is 0 Å². The Morgan fingerprint density at radius 3 is 2.40 bits per heavy atom. The van der Waals surface area contributed by atoms with E-state index in [0.717, 1.165) is 57.3 Å². The number of aliphatic imine (C=N–C) groups is 1. The van der Waals surface area contributed by atoms with Gasteiger partial charge >= 0.3 is 0 Å². The minimum absolute atomic E-state index is 0.157. The maximum atomic E-state index is 13.4. The molecule has 2 rings (SSSR count). The molecule has 7 heteroatoms. The number of ether oxygens (including phenoxy) is 1. The molecular formula is C23H40FN5O. The number of halogens is 1. The molecule has 0 bridgehead atoms. The molecule has 170 valence electrons. The number of nitrogens with one attached hydrogen (secondary N) is 2. The monoisotopic (exact) mass is 421 g/mol. The molecule has 0 aliphatic carbocycles. The molecule has 0 spiro atoms. The Hall–Kier alpha value is -1.70. The number of morpholine rings is 1. The number of nitrogens with zero attached hydrogens (tertiary/aromatic N) is 3. The molecule has 0 radical (unpaired) electrons. The van der Waals surface area contributed by atoms with Crippen LogP contribution in [-0.4, -0.2) is 82.8 Å². The van der Waals surface area contributed by atoms with Gasteiger partial charge in [0, 0.05) is 33.2 Å². The zero-order chi connectivity index (χ0) is 21.6. The lowest BCUT2D eigenvalue weighted by Crippen LogP contribution is -2.46. The molecule has 1 heterocycles. The third-order valence-corrected chi connectivity index (χ3v) is 5.50. The Morgan fingerprint density at radius 2 is 1.73 bits per heavy atom. The average Bonchev–Trinajstić information content (AvgIpc) is 2.76. The number of hydrogen-bond acceptors (Lipinski definition) is 4. The van der Waals surface area contributed by atoms with E-state index >= 15 is 0 Å². The van der Waals surface area contributed by atoms with Crippen LogP contribution in [0, 0.1) is 5.82 Å². The Kier molecular flexibility index (Phi) is 11.7. The van der Waals surface area contributed by atoms with E-state index < -0.39 is 0 Å². The van der Waals surface area contributed by atoms with Crippen LogP contribution in [0.4, 0.5) is 4.39 Å². The van der Waals surface area contributed by atoms with Gasteiger partial charge in [0.1, 0.15) is 5.82 Å². The first-order valence-electron chi connectivity index (χ1n) is 11.3. The molecule has 1 saturated heterocycles. The molecule has 2 N–H and O–H groups in total. The van der Waals surface area contributed by atoms with Crippen molar-refractivity contribution in [3.63, 3.8) is 0 Å². The van der Waals surface area contributed by atoms with Gasteiger partial charge in [-0.05, 0) is 51.2 Å². The van der Waals surface area contributed by atoms with Crippen molar-refractivity contribution in [3.05, 3.63) is 35.6 Å². The van der Waals surface area contributed by atoms with Crippen molar-refractivity contribution < 1.29 is 9.13 Å². The Balaban J connectivity index is 1.75. The summed E-state index contributed by atoms with van der Waals surface area (Å²) in [6.45, 7) is 6.04. The number of rotatable bonds is 12. The summed E-state index contributed by atoms with van der Waals surface area (Å²) in [5.41, 5.74) is 1.11. The lowest BCUT2D eigenvalue weighted by molar-refractivity contribution is 0.0170. The van der Waals surface area contributed by atoms with Gasteiger partial charge in [0.15, 0.2) is 5.96 Å². The van der Waals surface area contributed by atoms with E-state index in [1.807, 2.05) is 12.1 Å². The Labute approximate surface area is 181 Å². The van der Waals surface area contributed by atoms with Crippen LogP contribution in [0.1, 0.15) is 43.7 Å². The standard InChI is InChI=1S/C23H40FN5O/c1-25-23(26-13-7-5-4-6-8-14-28(2)3)27-19-22(29-15-17-30-18-16-29)20-9-11-21(24)12-10-20/h9-12,22H,4-8,13-19H2,1-3H3,(H2,25,26,27). The summed E-state index contributed by atoms with van der Waals surface area (Å²) in [5.74, 6) is 0.620. The molecule has 1 atom stereocenters. The number of guanidine groups is 1. The van der Waals surface area contributed by atoms with Crippen LogP contribution in [0.2, 0.25) is 0 Å². The maximum absolute atomic E-state index is 13.4. The molecule has 1 aromatic rings. The fourth-order valence-electron chi connectivity index (χ4n) is 3.74. The lowest BCUT2D eigenvalue weighted by Gasteiger charge is -2.35. The highest BCUT2D eigenvalue weighted by Crippen LogP contribution is 2.21. The molecule has 1 aromatic carbocycles. The van der Waals surface area contributed by atoms with Crippen molar-refractivity contribution in [2.24, 2.45) is 4.99 Å². The van der Waals surface area contributed by atoms with Crippen LogP contribution in [0.15, 0.2) is 29.3 Å². The highest BCUT2D eigenvalue weighted by Gasteiger charge is 2.23. The van der Waals surface area contributed by atoms with E-state index in [9.17, 15) is 4.39 Å². The van der Waals surface area contributed by atoms with Gasteiger partial charge in [0.05, 0.1) is 19.3 Å². The first-order valence-corrected chi connectivity index (χ1v) is 11.3. The van der Waals surface area contributed by atoms with Crippen LogP contribution >= 0.6 is 0 Å². The summed E-state index contributed by atoms with van der Waals surface area (Å²) in [5, 5.41) is 6.89. The largest absolute Gasteiger partial charge is 0.379 e. The first kappa shape index (κ1) is 24.6. The third kappa shape index (κ3) is 9.41. The SMILES string of the molecule is CN=C(NCCCCCCCN(C)C)NCC(c1ccc(F)cc1)N1CCOCC1. The zero-order valence-electron chi connectivity index (χ0n) is 19.0. The second-order valence-corrected chi connectivity index (χ2v) is 8.17. The fourth-order valence-corrected chi connectivity index (χ4v) is 3.74. The third-order valence-electron chi connectivity index (χ3n) is 5.50. The van der Waals surface area contributed by atoms with Crippen LogP contribution in [0.3, 0.4) is 0 Å². The van der Waals surface area contributed by atoms with Crippen LogP contribution < -0.4 is 10.6 Å². The van der Waals surface area contributed by atoms with Crippen molar-refractivity contribution in [2.75, 3.05) is 67.1 Å². The molecule has 0 saturated carbocycles. The molecule has 30 heavy (non-hydrogen) atoms. The van der Waals surface area contributed by atoms with Gasteiger partial charge in [-0.15, -0.1) is 0 Å². The molecule has 0 aromatic heterocycles. The van der Waals surface area contributed by atoms with E-state index in [2.05, 4.69) is 39.5 Å². The summed E-state index contributed by atoms with van der Waals surface area (Å²) in [6, 6.07) is 6.99. The maximum Gasteiger partial charge on any atom is 0.191 e. The smallest absolute Gasteiger partial charge is 0.191 e. The molecule has 1 unspecified atom stereocenters. The number of benzene rings is 1. The van der Waals surface area contributed by atoms with Crippen LogP contribution in [-0.2, 0) is 4.74 Å². The summed E-state index contributed by atoms with van der Waals surface area (Å²) >= 11 is 0. The highest BCUT2D eigenvalue weighted by molar-refractivity contribution is 5.79. The predicted molar refractivity (Wildman–Crippen MR) is 123 cm³/mol. The van der Waals surface area contributed by atoms with Gasteiger partial charge < -0.3 is 20.3 Å². The van der Waals surface area contributed by atoms with Gasteiger partial charge in [0.2, 0.25) is 0 Å². The first-order chi connectivity index (χ1) is 14.6. The molecule has 1 aliphatic rings. The van der Waals surface area contributed by atoms with Gasteiger partial charge in [-0.1, -0.05) is 31.4 Å². The molecule has 0 amide bonds. The Morgan fingerprint density at radius 1 is 1.07 bits per heavy atom. The Bertz CT molecular complexity index is 602. The van der Waals surface area contributed by atoms with Crippen LogP contribution in [0.25, 0.3) is 0 Å². The fraction of sp³-hybridized carbons (Fsp3) is 0.696. The summed E-state index contributed by atoms with van der Waals surface area (Å²) in [4.78, 5) is 9.00. The minimum Gasteiger partial charge on any atom is -0.379 e. The van der Waals surface area contributed by atoms with E-state index in [1.54, 1.807) is 7.05 Å².